The third-order valence-electron chi connectivity index (χ3n) is 4.56. The minimum absolute atomic E-state index is 0.127. The molecule has 1 aliphatic carbocycles. The zero-order valence-electron chi connectivity index (χ0n) is 12.4. The lowest BCUT2D eigenvalue weighted by atomic mass is 10.0. The SMILES string of the molecule is Cc1cc(F)ccc1CCN1CCCC(NC2CC2)C1. The van der Waals surface area contributed by atoms with E-state index in [-0.39, 0.29) is 5.82 Å². The minimum Gasteiger partial charge on any atom is -0.310 e. The van der Waals surface area contributed by atoms with Gasteiger partial charge in [-0.25, -0.2) is 4.39 Å². The molecule has 3 rings (SSSR count). The largest absolute Gasteiger partial charge is 0.310 e. The Morgan fingerprint density at radius 2 is 2.10 bits per heavy atom. The monoisotopic (exact) mass is 276 g/mol. The molecule has 1 saturated carbocycles. The summed E-state index contributed by atoms with van der Waals surface area (Å²) in [5.74, 6) is -0.127. The zero-order chi connectivity index (χ0) is 13.9. The van der Waals surface area contributed by atoms with Gasteiger partial charge in [-0.3, -0.25) is 0 Å². The molecule has 0 amide bonds. The van der Waals surface area contributed by atoms with Crippen LogP contribution in [-0.4, -0.2) is 36.6 Å². The minimum atomic E-state index is -0.127. The van der Waals surface area contributed by atoms with Crippen molar-refractivity contribution in [2.45, 2.75) is 51.1 Å². The molecule has 2 nitrogen and oxygen atoms in total. The molecule has 110 valence electrons. The highest BCUT2D eigenvalue weighted by Gasteiger charge is 2.27. The van der Waals surface area contributed by atoms with E-state index in [0.29, 0.717) is 6.04 Å². The third-order valence-corrected chi connectivity index (χ3v) is 4.56. The molecule has 1 heterocycles. The van der Waals surface area contributed by atoms with Crippen molar-refractivity contribution in [3.63, 3.8) is 0 Å². The predicted octanol–water partition coefficient (Wildman–Crippen LogP) is 2.89. The van der Waals surface area contributed by atoms with Gasteiger partial charge in [-0.2, -0.15) is 0 Å². The Labute approximate surface area is 121 Å². The van der Waals surface area contributed by atoms with E-state index in [1.807, 2.05) is 13.0 Å². The number of hydrogen-bond donors (Lipinski definition) is 1. The van der Waals surface area contributed by atoms with Gasteiger partial charge in [0.25, 0.3) is 0 Å². The Bertz CT molecular complexity index is 456. The molecule has 1 N–H and O–H groups in total. The van der Waals surface area contributed by atoms with Crippen LogP contribution in [0.3, 0.4) is 0 Å². The van der Waals surface area contributed by atoms with Crippen LogP contribution in [0.2, 0.25) is 0 Å². The van der Waals surface area contributed by atoms with Crippen LogP contribution < -0.4 is 5.32 Å². The highest BCUT2D eigenvalue weighted by Crippen LogP contribution is 2.22. The Hall–Kier alpha value is -0.930. The second kappa shape index (κ2) is 6.23. The Kier molecular flexibility index (Phi) is 4.37. The van der Waals surface area contributed by atoms with Gasteiger partial charge < -0.3 is 10.2 Å². The molecule has 1 aliphatic heterocycles. The van der Waals surface area contributed by atoms with Crippen LogP contribution in [0.1, 0.15) is 36.8 Å². The van der Waals surface area contributed by atoms with Crippen molar-refractivity contribution >= 4 is 0 Å². The van der Waals surface area contributed by atoms with E-state index < -0.39 is 0 Å². The second-order valence-electron chi connectivity index (χ2n) is 6.40. The lowest BCUT2D eigenvalue weighted by molar-refractivity contribution is 0.191. The van der Waals surface area contributed by atoms with Gasteiger partial charge in [-0.05, 0) is 68.8 Å². The number of aryl methyl sites for hydroxylation is 1. The lowest BCUT2D eigenvalue weighted by Gasteiger charge is -2.33. The molecule has 1 saturated heterocycles. The molecule has 0 aromatic heterocycles. The quantitative estimate of drug-likeness (QED) is 0.889. The smallest absolute Gasteiger partial charge is 0.123 e. The number of benzene rings is 1. The second-order valence-corrected chi connectivity index (χ2v) is 6.40. The maximum absolute atomic E-state index is 13.1. The number of nitrogens with zero attached hydrogens (tertiary/aromatic N) is 1. The van der Waals surface area contributed by atoms with Crippen molar-refractivity contribution in [2.75, 3.05) is 19.6 Å². The summed E-state index contributed by atoms with van der Waals surface area (Å²) in [6.07, 6.45) is 6.38. The van der Waals surface area contributed by atoms with Gasteiger partial charge in [0.05, 0.1) is 0 Å². The van der Waals surface area contributed by atoms with Crippen molar-refractivity contribution in [3.05, 3.63) is 35.1 Å². The fourth-order valence-electron chi connectivity index (χ4n) is 3.20. The summed E-state index contributed by atoms with van der Waals surface area (Å²) in [4.78, 5) is 2.56. The van der Waals surface area contributed by atoms with Gasteiger partial charge in [-0.1, -0.05) is 6.07 Å². The van der Waals surface area contributed by atoms with Gasteiger partial charge in [0, 0.05) is 25.2 Å². The number of rotatable bonds is 5. The van der Waals surface area contributed by atoms with Crippen LogP contribution in [0.5, 0.6) is 0 Å². The van der Waals surface area contributed by atoms with E-state index in [9.17, 15) is 4.39 Å². The normalized spacial score (nSPS) is 24.0. The molecule has 2 aliphatic rings. The first-order valence-electron chi connectivity index (χ1n) is 7.94. The number of hydrogen-bond acceptors (Lipinski definition) is 2. The number of likely N-dealkylation sites (tertiary alicyclic amines) is 1. The van der Waals surface area contributed by atoms with Gasteiger partial charge in [0.1, 0.15) is 5.82 Å². The van der Waals surface area contributed by atoms with Crippen molar-refractivity contribution in [1.29, 1.82) is 0 Å². The summed E-state index contributed by atoms with van der Waals surface area (Å²) in [5.41, 5.74) is 2.36. The topological polar surface area (TPSA) is 15.3 Å². The summed E-state index contributed by atoms with van der Waals surface area (Å²) in [6, 6.07) is 6.65. The van der Waals surface area contributed by atoms with Crippen molar-refractivity contribution < 1.29 is 4.39 Å². The molecule has 3 heteroatoms. The molecule has 1 aromatic carbocycles. The first-order chi connectivity index (χ1) is 9.70. The molecule has 0 radical (unpaired) electrons. The van der Waals surface area contributed by atoms with E-state index in [2.05, 4.69) is 10.2 Å². The summed E-state index contributed by atoms with van der Waals surface area (Å²) in [6.45, 7) is 5.49. The zero-order valence-corrected chi connectivity index (χ0v) is 12.4. The van der Waals surface area contributed by atoms with Crippen LogP contribution in [0.25, 0.3) is 0 Å². The molecule has 20 heavy (non-hydrogen) atoms. The first kappa shape index (κ1) is 14.0. The standard InChI is InChI=1S/C17H25FN2/c1-13-11-15(18)5-4-14(13)8-10-20-9-2-3-17(12-20)19-16-6-7-16/h4-5,11,16-17,19H,2-3,6-10,12H2,1H3. The van der Waals surface area contributed by atoms with Crippen LogP contribution in [0.15, 0.2) is 18.2 Å². The summed E-state index contributed by atoms with van der Waals surface area (Å²) in [7, 11) is 0. The molecule has 2 fully saturated rings. The molecular weight excluding hydrogens is 251 g/mol. The highest BCUT2D eigenvalue weighted by molar-refractivity contribution is 5.26. The molecule has 1 unspecified atom stereocenters. The van der Waals surface area contributed by atoms with Crippen LogP contribution >= 0.6 is 0 Å². The van der Waals surface area contributed by atoms with Gasteiger partial charge in [-0.15, -0.1) is 0 Å². The van der Waals surface area contributed by atoms with Crippen LogP contribution in [-0.2, 0) is 6.42 Å². The van der Waals surface area contributed by atoms with Gasteiger partial charge in [0.15, 0.2) is 0 Å². The van der Waals surface area contributed by atoms with Crippen LogP contribution in [0.4, 0.5) is 4.39 Å². The van der Waals surface area contributed by atoms with Crippen molar-refractivity contribution in [2.24, 2.45) is 0 Å². The van der Waals surface area contributed by atoms with Crippen LogP contribution in [0, 0.1) is 12.7 Å². The molecule has 0 bridgehead atoms. The Morgan fingerprint density at radius 1 is 1.25 bits per heavy atom. The van der Waals surface area contributed by atoms with E-state index in [1.165, 1.54) is 44.3 Å². The number of nitrogens with one attached hydrogen (secondary N) is 1. The third kappa shape index (κ3) is 3.80. The predicted molar refractivity (Wildman–Crippen MR) is 80.5 cm³/mol. The molecule has 1 atom stereocenters. The van der Waals surface area contributed by atoms with E-state index in [0.717, 1.165) is 24.6 Å². The number of halogens is 1. The maximum atomic E-state index is 13.1. The summed E-state index contributed by atoms with van der Waals surface area (Å²) < 4.78 is 13.1. The molecular formula is C17H25FN2. The van der Waals surface area contributed by atoms with Crippen molar-refractivity contribution in [3.8, 4) is 0 Å². The van der Waals surface area contributed by atoms with Gasteiger partial charge >= 0.3 is 0 Å². The fraction of sp³-hybridized carbons (Fsp3) is 0.647. The Balaban J connectivity index is 1.49. The first-order valence-corrected chi connectivity index (χ1v) is 7.94. The summed E-state index contributed by atoms with van der Waals surface area (Å²) in [5, 5.41) is 3.75. The van der Waals surface area contributed by atoms with E-state index >= 15 is 0 Å². The van der Waals surface area contributed by atoms with Crippen molar-refractivity contribution in [1.82, 2.24) is 10.2 Å². The lowest BCUT2D eigenvalue weighted by Crippen LogP contribution is -2.46. The molecule has 1 aromatic rings. The van der Waals surface area contributed by atoms with E-state index in [1.54, 1.807) is 12.1 Å². The number of piperidine rings is 1. The van der Waals surface area contributed by atoms with Gasteiger partial charge in [0.2, 0.25) is 0 Å². The maximum Gasteiger partial charge on any atom is 0.123 e. The average molecular weight is 276 g/mol. The fourth-order valence-corrected chi connectivity index (χ4v) is 3.20. The highest BCUT2D eigenvalue weighted by atomic mass is 19.1. The molecule has 0 spiro atoms. The van der Waals surface area contributed by atoms with E-state index in [4.69, 9.17) is 0 Å². The Morgan fingerprint density at radius 3 is 2.85 bits per heavy atom. The average Bonchev–Trinajstić information content (AvgIpc) is 3.22. The summed E-state index contributed by atoms with van der Waals surface area (Å²) >= 11 is 0.